The smallest absolute Gasteiger partial charge is 0.387 e. The normalized spacial score (nSPS) is 11.8. The van der Waals surface area contributed by atoms with E-state index in [1.807, 2.05) is 24.3 Å². The highest BCUT2D eigenvalue weighted by atomic mass is 19.3. The van der Waals surface area contributed by atoms with Crippen LogP contribution < -0.4 is 4.74 Å². The van der Waals surface area contributed by atoms with Gasteiger partial charge in [-0.05, 0) is 36.1 Å². The molecule has 0 amide bonds. The first kappa shape index (κ1) is 19.6. The van der Waals surface area contributed by atoms with Crippen LogP contribution in [-0.4, -0.2) is 19.0 Å². The average Bonchev–Trinajstić information content (AvgIpc) is 2.61. The summed E-state index contributed by atoms with van der Waals surface area (Å²) in [6, 6.07) is 9.49. The molecule has 3 nitrogen and oxygen atoms in total. The van der Waals surface area contributed by atoms with Gasteiger partial charge in [-0.1, -0.05) is 37.6 Å². The Morgan fingerprint density at radius 3 is 2.08 bits per heavy atom. The van der Waals surface area contributed by atoms with Gasteiger partial charge in [0.1, 0.15) is 0 Å². The molecule has 0 heterocycles. The van der Waals surface area contributed by atoms with Crippen molar-refractivity contribution in [3.05, 3.63) is 64.7 Å². The largest absolute Gasteiger partial charge is 0.429 e. The molecule has 2 aromatic rings. The number of benzene rings is 2. The molecule has 0 unspecified atom stereocenters. The van der Waals surface area contributed by atoms with E-state index in [0.717, 1.165) is 43.2 Å². The lowest BCUT2D eigenvalue weighted by molar-refractivity contribution is -0.0546. The van der Waals surface area contributed by atoms with E-state index in [-0.39, 0.29) is 5.56 Å². The maximum absolute atomic E-state index is 13.6. The lowest BCUT2D eigenvalue weighted by Crippen LogP contribution is -2.06. The summed E-state index contributed by atoms with van der Waals surface area (Å²) in [5.41, 5.74) is 2.11. The van der Waals surface area contributed by atoms with Gasteiger partial charge >= 0.3 is 6.61 Å². The summed E-state index contributed by atoms with van der Waals surface area (Å²) < 4.78 is 55.1. The first-order chi connectivity index (χ1) is 12.5. The van der Waals surface area contributed by atoms with Crippen LogP contribution in [0.5, 0.6) is 5.75 Å². The maximum atomic E-state index is 13.6. The van der Waals surface area contributed by atoms with Crippen LogP contribution in [0, 0.1) is 11.6 Å². The molecule has 0 spiro atoms. The van der Waals surface area contributed by atoms with Crippen LogP contribution in [0.1, 0.15) is 36.5 Å². The fourth-order valence-corrected chi connectivity index (χ4v) is 2.21. The molecule has 2 rings (SSSR count). The Bertz CT molecular complexity index is 751. The summed E-state index contributed by atoms with van der Waals surface area (Å²) in [6.07, 6.45) is 5.90. The van der Waals surface area contributed by atoms with Crippen LogP contribution in [0.4, 0.5) is 17.6 Å². The molecule has 0 aliphatic carbocycles. The fourth-order valence-electron chi connectivity index (χ4n) is 2.21. The third kappa shape index (κ3) is 5.98. The van der Waals surface area contributed by atoms with Crippen molar-refractivity contribution in [1.29, 1.82) is 0 Å². The van der Waals surface area contributed by atoms with Crippen LogP contribution in [-0.2, 0) is 6.42 Å². The van der Waals surface area contributed by atoms with Crippen molar-refractivity contribution in [2.45, 2.75) is 32.8 Å². The van der Waals surface area contributed by atoms with Gasteiger partial charge in [-0.25, -0.2) is 8.78 Å². The third-order valence-electron chi connectivity index (χ3n) is 3.51. The van der Waals surface area contributed by atoms with E-state index in [1.54, 1.807) is 0 Å². The number of hydrogen-bond donors (Lipinski definition) is 0. The van der Waals surface area contributed by atoms with E-state index < -0.39 is 24.0 Å². The predicted octanol–water partition coefficient (Wildman–Crippen LogP) is 5.36. The minimum Gasteiger partial charge on any atom is -0.429 e. The molecule has 0 bridgehead atoms. The third-order valence-corrected chi connectivity index (χ3v) is 3.51. The monoisotopic (exact) mass is 366 g/mol. The quantitative estimate of drug-likeness (QED) is 0.352. The number of halogens is 4. The topological polar surface area (TPSA) is 34.0 Å². The molecule has 0 saturated carbocycles. The van der Waals surface area contributed by atoms with Gasteiger partial charge in [0, 0.05) is 5.56 Å². The highest BCUT2D eigenvalue weighted by Gasteiger charge is 2.16. The first-order valence-electron chi connectivity index (χ1n) is 8.08. The summed E-state index contributed by atoms with van der Waals surface area (Å²) >= 11 is 0. The van der Waals surface area contributed by atoms with Gasteiger partial charge in [0.15, 0.2) is 17.4 Å². The maximum Gasteiger partial charge on any atom is 0.387 e. The zero-order valence-electron chi connectivity index (χ0n) is 14.1. The van der Waals surface area contributed by atoms with Crippen molar-refractivity contribution >= 4 is 12.4 Å². The van der Waals surface area contributed by atoms with Gasteiger partial charge in [0.2, 0.25) is 0 Å². The second kappa shape index (κ2) is 9.70. The lowest BCUT2D eigenvalue weighted by atomic mass is 10.1. The number of rotatable bonds is 8. The number of alkyl halides is 2. The Hall–Kier alpha value is -2.70. The molecule has 138 valence electrons. The first-order valence-corrected chi connectivity index (χ1v) is 8.08. The number of ether oxygens (including phenoxy) is 1. The zero-order valence-corrected chi connectivity index (χ0v) is 14.1. The van der Waals surface area contributed by atoms with Gasteiger partial charge in [-0.2, -0.15) is 19.0 Å². The van der Waals surface area contributed by atoms with Crippen molar-refractivity contribution < 1.29 is 22.3 Å². The molecule has 2 aromatic carbocycles. The van der Waals surface area contributed by atoms with Crippen LogP contribution >= 0.6 is 0 Å². The second-order valence-electron chi connectivity index (χ2n) is 5.53. The number of hydrogen-bond acceptors (Lipinski definition) is 3. The Kier molecular flexibility index (Phi) is 7.32. The molecular weight excluding hydrogens is 348 g/mol. The van der Waals surface area contributed by atoms with Crippen molar-refractivity contribution in [1.82, 2.24) is 0 Å². The van der Waals surface area contributed by atoms with Crippen LogP contribution in [0.25, 0.3) is 0 Å². The summed E-state index contributed by atoms with van der Waals surface area (Å²) in [5.74, 6) is -3.60. The van der Waals surface area contributed by atoms with E-state index in [4.69, 9.17) is 0 Å². The minimum atomic E-state index is -3.31. The molecule has 7 heteroatoms. The Morgan fingerprint density at radius 2 is 1.54 bits per heavy atom. The molecule has 0 aliphatic heterocycles. The van der Waals surface area contributed by atoms with E-state index in [1.165, 1.54) is 11.8 Å². The lowest BCUT2D eigenvalue weighted by Gasteiger charge is -2.07. The number of nitrogens with zero attached hydrogens (tertiary/aromatic N) is 2. The highest BCUT2D eigenvalue weighted by Crippen LogP contribution is 2.24. The van der Waals surface area contributed by atoms with Gasteiger partial charge in [-0.3, -0.25) is 0 Å². The van der Waals surface area contributed by atoms with Gasteiger partial charge in [0.05, 0.1) is 12.4 Å². The molecule has 0 atom stereocenters. The fraction of sp³-hybridized carbons (Fsp3) is 0.263. The molecule has 0 saturated heterocycles. The average molecular weight is 366 g/mol. The van der Waals surface area contributed by atoms with Crippen molar-refractivity contribution in [2.75, 3.05) is 0 Å². The zero-order chi connectivity index (χ0) is 18.9. The molecule has 26 heavy (non-hydrogen) atoms. The van der Waals surface area contributed by atoms with E-state index in [0.29, 0.717) is 0 Å². The second-order valence-corrected chi connectivity index (χ2v) is 5.53. The number of aryl methyl sites for hydroxylation is 1. The summed E-state index contributed by atoms with van der Waals surface area (Å²) in [5, 5.41) is 7.51. The summed E-state index contributed by atoms with van der Waals surface area (Å²) in [7, 11) is 0. The number of unbranched alkanes of at least 4 members (excludes halogenated alkanes) is 1. The molecular formula is C19H18F4N2O. The van der Waals surface area contributed by atoms with Crippen molar-refractivity contribution in [3.63, 3.8) is 0 Å². The van der Waals surface area contributed by atoms with Crippen LogP contribution in [0.2, 0.25) is 0 Å². The van der Waals surface area contributed by atoms with Gasteiger partial charge in [0.25, 0.3) is 0 Å². The van der Waals surface area contributed by atoms with Crippen LogP contribution in [0.15, 0.2) is 46.6 Å². The molecule has 0 fully saturated rings. The molecule has 0 N–H and O–H groups in total. The Balaban J connectivity index is 2.00. The van der Waals surface area contributed by atoms with E-state index in [9.17, 15) is 17.6 Å². The Labute approximate surface area is 149 Å². The van der Waals surface area contributed by atoms with E-state index in [2.05, 4.69) is 21.9 Å². The predicted molar refractivity (Wildman–Crippen MR) is 93.2 cm³/mol. The van der Waals surface area contributed by atoms with E-state index >= 15 is 0 Å². The Morgan fingerprint density at radius 1 is 0.962 bits per heavy atom. The van der Waals surface area contributed by atoms with Crippen molar-refractivity contribution in [2.24, 2.45) is 10.2 Å². The highest BCUT2D eigenvalue weighted by molar-refractivity contribution is 5.82. The summed E-state index contributed by atoms with van der Waals surface area (Å²) in [6.45, 7) is -1.17. The molecule has 0 aromatic heterocycles. The van der Waals surface area contributed by atoms with Crippen LogP contribution in [0.3, 0.4) is 0 Å². The standard InChI is InChI=1S/C19H18F4N2O/c1-2-3-4-13-5-7-14(8-6-13)11-24-25-12-15-9-16(20)18(17(21)10-15)26-19(22)23/h5-12,19H,2-4H2,1H3/b24-11+,25-12+. The molecule has 0 aliphatic rings. The van der Waals surface area contributed by atoms with Crippen molar-refractivity contribution in [3.8, 4) is 5.75 Å². The SMILES string of the molecule is CCCCc1ccc(/C=N/N=C/c2cc(F)c(OC(F)F)c(F)c2)cc1. The summed E-state index contributed by atoms with van der Waals surface area (Å²) in [4.78, 5) is 0. The molecule has 0 radical (unpaired) electrons. The van der Waals surface area contributed by atoms with Gasteiger partial charge < -0.3 is 4.74 Å². The van der Waals surface area contributed by atoms with Gasteiger partial charge in [-0.15, -0.1) is 0 Å². The minimum absolute atomic E-state index is 0.0358.